The lowest BCUT2D eigenvalue weighted by Crippen LogP contribution is -2.35. The quantitative estimate of drug-likeness (QED) is 0.516. The number of hydrogen-bond donors (Lipinski definition) is 0. The van der Waals surface area contributed by atoms with Gasteiger partial charge in [0.05, 0.1) is 0 Å². The third-order valence-electron chi connectivity index (χ3n) is 5.07. The Morgan fingerprint density at radius 3 is 1.95 bits per heavy atom. The largest absolute Gasteiger partial charge is 0.376 e. The molecule has 0 aliphatic carbocycles. The highest BCUT2D eigenvalue weighted by Crippen LogP contribution is 2.43. The SMILES string of the molecule is C=CN(CCC(C)(CC(C)(C)CC)C(C)C)C(C)C. The van der Waals surface area contributed by atoms with Gasteiger partial charge in [-0.2, -0.15) is 0 Å². The first-order valence-electron chi connectivity index (χ1n) is 7.96. The van der Waals surface area contributed by atoms with E-state index in [0.717, 1.165) is 12.5 Å². The molecule has 0 amide bonds. The van der Waals surface area contributed by atoms with Crippen LogP contribution < -0.4 is 0 Å². The van der Waals surface area contributed by atoms with Crippen molar-refractivity contribution >= 4 is 0 Å². The molecule has 0 fully saturated rings. The van der Waals surface area contributed by atoms with Crippen molar-refractivity contribution in [1.29, 1.82) is 0 Å². The molecule has 0 rings (SSSR count). The molecule has 0 aliphatic heterocycles. The standard InChI is InChI=1S/C18H37N/c1-10-17(7,8)14-18(9,15(3)4)12-13-19(11-2)16(5)6/h11,15-16H,2,10,12-14H2,1,3-9H3. The van der Waals surface area contributed by atoms with Gasteiger partial charge in [-0.05, 0) is 49.6 Å². The van der Waals surface area contributed by atoms with Gasteiger partial charge < -0.3 is 4.90 Å². The molecule has 0 bridgehead atoms. The Morgan fingerprint density at radius 1 is 1.11 bits per heavy atom. The van der Waals surface area contributed by atoms with Gasteiger partial charge in [-0.25, -0.2) is 0 Å². The Kier molecular flexibility index (Phi) is 7.18. The lowest BCUT2D eigenvalue weighted by molar-refractivity contribution is 0.0916. The van der Waals surface area contributed by atoms with Crippen LogP contribution >= 0.6 is 0 Å². The summed E-state index contributed by atoms with van der Waals surface area (Å²) in [5.74, 6) is 0.720. The molecule has 0 N–H and O–H groups in total. The van der Waals surface area contributed by atoms with Crippen LogP contribution in [0.5, 0.6) is 0 Å². The van der Waals surface area contributed by atoms with Crippen molar-refractivity contribution in [2.24, 2.45) is 16.7 Å². The zero-order chi connectivity index (χ0) is 15.3. The monoisotopic (exact) mass is 267 g/mol. The lowest BCUT2D eigenvalue weighted by Gasteiger charge is -2.42. The summed E-state index contributed by atoms with van der Waals surface area (Å²) < 4.78 is 0. The Morgan fingerprint density at radius 2 is 1.63 bits per heavy atom. The molecule has 19 heavy (non-hydrogen) atoms. The first-order chi connectivity index (χ1) is 8.58. The van der Waals surface area contributed by atoms with E-state index in [1.54, 1.807) is 0 Å². The summed E-state index contributed by atoms with van der Waals surface area (Å²) in [4.78, 5) is 2.36. The summed E-state index contributed by atoms with van der Waals surface area (Å²) in [5, 5.41) is 0. The van der Waals surface area contributed by atoms with Crippen molar-refractivity contribution in [3.8, 4) is 0 Å². The van der Waals surface area contributed by atoms with Crippen LogP contribution in [-0.4, -0.2) is 17.5 Å². The molecule has 0 aromatic heterocycles. The molecule has 114 valence electrons. The number of rotatable bonds is 9. The van der Waals surface area contributed by atoms with Crippen molar-refractivity contribution in [2.45, 2.75) is 80.7 Å². The summed E-state index contributed by atoms with van der Waals surface area (Å²) in [6.07, 6.45) is 5.80. The maximum Gasteiger partial charge on any atom is 0.0227 e. The fourth-order valence-electron chi connectivity index (χ4n) is 2.74. The fraction of sp³-hybridized carbons (Fsp3) is 0.889. The maximum atomic E-state index is 3.94. The van der Waals surface area contributed by atoms with E-state index in [1.165, 1.54) is 19.3 Å². The fourth-order valence-corrected chi connectivity index (χ4v) is 2.74. The van der Waals surface area contributed by atoms with Crippen LogP contribution in [0, 0.1) is 16.7 Å². The molecule has 0 aliphatic rings. The van der Waals surface area contributed by atoms with Crippen molar-refractivity contribution < 1.29 is 0 Å². The molecule has 0 spiro atoms. The van der Waals surface area contributed by atoms with Crippen LogP contribution in [0.15, 0.2) is 12.8 Å². The summed E-state index contributed by atoms with van der Waals surface area (Å²) in [5.41, 5.74) is 0.853. The van der Waals surface area contributed by atoms with Crippen molar-refractivity contribution in [3.05, 3.63) is 12.8 Å². The van der Waals surface area contributed by atoms with E-state index in [4.69, 9.17) is 0 Å². The summed E-state index contributed by atoms with van der Waals surface area (Å²) in [7, 11) is 0. The molecule has 0 aromatic carbocycles. The molecule has 1 heteroatoms. The van der Waals surface area contributed by atoms with Gasteiger partial charge >= 0.3 is 0 Å². The van der Waals surface area contributed by atoms with Gasteiger partial charge in [0.2, 0.25) is 0 Å². The van der Waals surface area contributed by atoms with Crippen LogP contribution in [0.3, 0.4) is 0 Å². The highest BCUT2D eigenvalue weighted by Gasteiger charge is 2.34. The second-order valence-corrected chi connectivity index (χ2v) is 7.77. The summed E-state index contributed by atoms with van der Waals surface area (Å²) in [6, 6.07) is 0.549. The van der Waals surface area contributed by atoms with Crippen LogP contribution in [0.1, 0.15) is 74.7 Å². The predicted molar refractivity (Wildman–Crippen MR) is 88.3 cm³/mol. The van der Waals surface area contributed by atoms with Crippen molar-refractivity contribution in [1.82, 2.24) is 4.90 Å². The Hall–Kier alpha value is -0.460. The first-order valence-corrected chi connectivity index (χ1v) is 7.96. The van der Waals surface area contributed by atoms with E-state index in [2.05, 4.69) is 66.9 Å². The lowest BCUT2D eigenvalue weighted by atomic mass is 9.65. The second-order valence-electron chi connectivity index (χ2n) is 7.77. The molecule has 0 saturated carbocycles. The normalized spacial score (nSPS) is 15.7. The molecule has 0 aromatic rings. The van der Waals surface area contributed by atoms with Gasteiger partial charge in [0.1, 0.15) is 0 Å². The minimum Gasteiger partial charge on any atom is -0.376 e. The second kappa shape index (κ2) is 7.36. The third-order valence-corrected chi connectivity index (χ3v) is 5.07. The minimum absolute atomic E-state index is 0.412. The Labute approximate surface area is 122 Å². The van der Waals surface area contributed by atoms with Crippen molar-refractivity contribution in [2.75, 3.05) is 6.54 Å². The summed E-state index contributed by atoms with van der Waals surface area (Å²) >= 11 is 0. The molecule has 1 nitrogen and oxygen atoms in total. The van der Waals surface area contributed by atoms with E-state index in [-0.39, 0.29) is 0 Å². The van der Waals surface area contributed by atoms with Gasteiger partial charge in [-0.15, -0.1) is 0 Å². The topological polar surface area (TPSA) is 3.24 Å². The van der Waals surface area contributed by atoms with Gasteiger partial charge in [-0.3, -0.25) is 0 Å². The van der Waals surface area contributed by atoms with E-state index >= 15 is 0 Å². The average Bonchev–Trinajstić information content (AvgIpc) is 2.28. The van der Waals surface area contributed by atoms with Crippen molar-refractivity contribution in [3.63, 3.8) is 0 Å². The molecule has 1 unspecified atom stereocenters. The van der Waals surface area contributed by atoms with Crippen LogP contribution in [0.2, 0.25) is 0 Å². The molecule has 0 radical (unpaired) electrons. The number of hydrogen-bond acceptors (Lipinski definition) is 1. The molecule has 1 atom stereocenters. The van der Waals surface area contributed by atoms with Gasteiger partial charge in [0.25, 0.3) is 0 Å². The predicted octanol–water partition coefficient (Wildman–Crippen LogP) is 5.72. The molecular formula is C18H37N. The molecule has 0 saturated heterocycles. The highest BCUT2D eigenvalue weighted by molar-refractivity contribution is 4.86. The Bertz CT molecular complexity index is 265. The van der Waals surface area contributed by atoms with Gasteiger partial charge in [-0.1, -0.05) is 54.5 Å². The average molecular weight is 268 g/mol. The maximum absolute atomic E-state index is 3.94. The first kappa shape index (κ1) is 18.5. The van der Waals surface area contributed by atoms with E-state index in [0.29, 0.717) is 16.9 Å². The van der Waals surface area contributed by atoms with Crippen LogP contribution in [0.4, 0.5) is 0 Å². The van der Waals surface area contributed by atoms with Gasteiger partial charge in [0, 0.05) is 12.6 Å². The number of nitrogens with zero attached hydrogens (tertiary/aromatic N) is 1. The van der Waals surface area contributed by atoms with Crippen LogP contribution in [-0.2, 0) is 0 Å². The molecule has 0 heterocycles. The molecular weight excluding hydrogens is 230 g/mol. The third kappa shape index (κ3) is 6.01. The van der Waals surface area contributed by atoms with Gasteiger partial charge in [0.15, 0.2) is 0 Å². The zero-order valence-electron chi connectivity index (χ0n) is 14.7. The highest BCUT2D eigenvalue weighted by atomic mass is 15.1. The van der Waals surface area contributed by atoms with E-state index in [1.807, 2.05) is 6.20 Å². The Balaban J connectivity index is 4.77. The van der Waals surface area contributed by atoms with Crippen LogP contribution in [0.25, 0.3) is 0 Å². The van der Waals surface area contributed by atoms with E-state index in [9.17, 15) is 0 Å². The van der Waals surface area contributed by atoms with E-state index < -0.39 is 0 Å². The zero-order valence-corrected chi connectivity index (χ0v) is 14.7. The smallest absolute Gasteiger partial charge is 0.0227 e. The minimum atomic E-state index is 0.412. The summed E-state index contributed by atoms with van der Waals surface area (Å²) in [6.45, 7) is 23.9.